The SMILES string of the molecule is O=C1CCC(N2C(=O)c3cc(F)c(NCCCCCCCCCC(=O)N4CCC(NC5CC(C(=O)NC[C@H](O)CN6CCc7ccccc7C6)CCN5)CC4)cc3C2=O)C(=O)N1. The zero-order chi connectivity index (χ0) is 43.6. The van der Waals surface area contributed by atoms with Gasteiger partial charge in [-0.05, 0) is 81.2 Å². The second kappa shape index (κ2) is 21.5. The lowest BCUT2D eigenvalue weighted by Gasteiger charge is -2.37. The Morgan fingerprint density at radius 1 is 0.855 bits per heavy atom. The van der Waals surface area contributed by atoms with Crippen LogP contribution in [0.25, 0.3) is 0 Å². The number of carbonyl (C=O) groups is 6. The Hall–Kier alpha value is -4.77. The Balaban J connectivity index is 0.702. The van der Waals surface area contributed by atoms with Gasteiger partial charge in [-0.15, -0.1) is 0 Å². The predicted octanol–water partition coefficient (Wildman–Crippen LogP) is 3.20. The minimum atomic E-state index is -1.10. The van der Waals surface area contributed by atoms with E-state index in [0.29, 0.717) is 25.9 Å². The van der Waals surface area contributed by atoms with Crippen LogP contribution in [0.5, 0.6) is 0 Å². The van der Waals surface area contributed by atoms with Crippen LogP contribution in [-0.4, -0.2) is 125 Å². The van der Waals surface area contributed by atoms with Crippen LogP contribution in [0.3, 0.4) is 0 Å². The third-order valence-corrected chi connectivity index (χ3v) is 13.2. The number of hydrogen-bond donors (Lipinski definition) is 6. The molecular weight excluding hydrogens is 796 g/mol. The lowest BCUT2D eigenvalue weighted by molar-refractivity contribution is -0.136. The molecule has 5 aliphatic rings. The van der Waals surface area contributed by atoms with Gasteiger partial charge in [0.05, 0.1) is 29.1 Å². The van der Waals surface area contributed by atoms with Crippen molar-refractivity contribution in [2.45, 2.75) is 127 Å². The van der Waals surface area contributed by atoms with Crippen molar-refractivity contribution >= 4 is 41.1 Å². The van der Waals surface area contributed by atoms with Gasteiger partial charge in [0.1, 0.15) is 11.9 Å². The van der Waals surface area contributed by atoms with Gasteiger partial charge in [-0.3, -0.25) is 49.2 Å². The molecule has 7 rings (SSSR count). The van der Waals surface area contributed by atoms with E-state index in [0.717, 1.165) is 114 Å². The fraction of sp³-hybridized carbons (Fsp3) is 0.609. The number of hydrogen-bond acceptors (Lipinski definition) is 11. The number of aliphatic hydroxyl groups excluding tert-OH is 1. The summed E-state index contributed by atoms with van der Waals surface area (Å²) in [7, 11) is 0. The number of anilines is 1. The van der Waals surface area contributed by atoms with E-state index in [1.165, 1.54) is 17.2 Å². The number of fused-ring (bicyclic) bond motifs is 2. The highest BCUT2D eigenvalue weighted by Crippen LogP contribution is 2.31. The summed E-state index contributed by atoms with van der Waals surface area (Å²) in [5, 5.41) is 26.1. The second-order valence-corrected chi connectivity index (χ2v) is 17.7. The number of unbranched alkanes of at least 4 members (excludes halogenated alkanes) is 6. The Bertz CT molecular complexity index is 1960. The molecule has 0 bridgehead atoms. The highest BCUT2D eigenvalue weighted by Gasteiger charge is 2.45. The number of imide groups is 2. The minimum Gasteiger partial charge on any atom is -0.390 e. The van der Waals surface area contributed by atoms with Crippen LogP contribution < -0.4 is 26.6 Å². The van der Waals surface area contributed by atoms with Crippen LogP contribution in [0.4, 0.5) is 10.1 Å². The van der Waals surface area contributed by atoms with Gasteiger partial charge in [-0.1, -0.05) is 56.4 Å². The maximum Gasteiger partial charge on any atom is 0.262 e. The number of likely N-dealkylation sites (tertiary alicyclic amines) is 1. The fourth-order valence-corrected chi connectivity index (χ4v) is 9.59. The summed E-state index contributed by atoms with van der Waals surface area (Å²) in [5.41, 5.74) is 2.77. The molecule has 2 aromatic carbocycles. The van der Waals surface area contributed by atoms with E-state index < -0.39 is 41.6 Å². The molecule has 5 aliphatic heterocycles. The van der Waals surface area contributed by atoms with E-state index in [1.54, 1.807) is 0 Å². The number of halogens is 1. The molecule has 2 aromatic rings. The van der Waals surface area contributed by atoms with E-state index in [4.69, 9.17) is 0 Å². The quantitative estimate of drug-likeness (QED) is 0.0899. The normalized spacial score (nSPS) is 22.6. The van der Waals surface area contributed by atoms with Crippen molar-refractivity contribution in [3.63, 3.8) is 0 Å². The number of amides is 6. The molecule has 5 heterocycles. The average Bonchev–Trinajstić information content (AvgIpc) is 3.50. The summed E-state index contributed by atoms with van der Waals surface area (Å²) in [4.78, 5) is 80.9. The van der Waals surface area contributed by atoms with Crippen molar-refractivity contribution in [3.05, 3.63) is 64.5 Å². The highest BCUT2D eigenvalue weighted by molar-refractivity contribution is 6.23. The van der Waals surface area contributed by atoms with Gasteiger partial charge in [0.15, 0.2) is 0 Å². The first-order valence-corrected chi connectivity index (χ1v) is 22.8. The van der Waals surface area contributed by atoms with Gasteiger partial charge in [-0.2, -0.15) is 0 Å². The van der Waals surface area contributed by atoms with Crippen LogP contribution in [0.15, 0.2) is 36.4 Å². The zero-order valence-electron chi connectivity index (χ0n) is 35.7. The molecule has 15 nitrogen and oxygen atoms in total. The number of nitrogens with zero attached hydrogens (tertiary/aromatic N) is 3. The molecule has 0 aromatic heterocycles. The molecule has 6 N–H and O–H groups in total. The Morgan fingerprint density at radius 3 is 2.32 bits per heavy atom. The van der Waals surface area contributed by atoms with Gasteiger partial charge < -0.3 is 26.0 Å². The predicted molar refractivity (Wildman–Crippen MR) is 230 cm³/mol. The summed E-state index contributed by atoms with van der Waals surface area (Å²) >= 11 is 0. The lowest BCUT2D eigenvalue weighted by atomic mass is 9.93. The molecule has 336 valence electrons. The van der Waals surface area contributed by atoms with Crippen molar-refractivity contribution in [2.75, 3.05) is 51.1 Å². The first-order valence-electron chi connectivity index (χ1n) is 22.8. The van der Waals surface area contributed by atoms with E-state index >= 15 is 0 Å². The van der Waals surface area contributed by atoms with E-state index in [2.05, 4.69) is 55.7 Å². The van der Waals surface area contributed by atoms with Gasteiger partial charge in [-0.25, -0.2) is 4.39 Å². The summed E-state index contributed by atoms with van der Waals surface area (Å²) in [6.45, 7) is 5.22. The van der Waals surface area contributed by atoms with Gasteiger partial charge in [0, 0.05) is 70.6 Å². The van der Waals surface area contributed by atoms with Gasteiger partial charge in [0.2, 0.25) is 23.6 Å². The summed E-state index contributed by atoms with van der Waals surface area (Å²) in [5.74, 6) is -3.11. The van der Waals surface area contributed by atoms with E-state index in [1.807, 2.05) is 4.90 Å². The average molecular weight is 859 g/mol. The monoisotopic (exact) mass is 858 g/mol. The molecule has 4 atom stereocenters. The van der Waals surface area contributed by atoms with Gasteiger partial charge in [0.25, 0.3) is 11.8 Å². The van der Waals surface area contributed by atoms with Crippen LogP contribution in [0, 0.1) is 11.7 Å². The summed E-state index contributed by atoms with van der Waals surface area (Å²) in [6.07, 6.45) is 10.9. The molecule has 6 amide bonds. The Morgan fingerprint density at radius 2 is 1.56 bits per heavy atom. The number of benzene rings is 2. The maximum atomic E-state index is 14.9. The molecule has 0 spiro atoms. The van der Waals surface area contributed by atoms with Crippen molar-refractivity contribution in [2.24, 2.45) is 5.92 Å². The number of nitrogens with one attached hydrogen (secondary N) is 5. The number of aliphatic hydroxyl groups is 1. The van der Waals surface area contributed by atoms with Crippen LogP contribution >= 0.6 is 0 Å². The molecule has 0 radical (unpaired) electrons. The second-order valence-electron chi connectivity index (χ2n) is 17.7. The first kappa shape index (κ1) is 45.3. The zero-order valence-corrected chi connectivity index (χ0v) is 35.7. The van der Waals surface area contributed by atoms with Crippen LogP contribution in [-0.2, 0) is 32.1 Å². The summed E-state index contributed by atoms with van der Waals surface area (Å²) < 4.78 is 14.9. The van der Waals surface area contributed by atoms with Crippen LogP contribution in [0.1, 0.15) is 122 Å². The molecular formula is C46H63FN8O7. The van der Waals surface area contributed by atoms with Crippen molar-refractivity contribution in [1.29, 1.82) is 0 Å². The molecule has 3 unspecified atom stereocenters. The standard InChI is InChI=1S/C46H63FN8O7/c47-37-25-35-36(46(62)55(45(35)61)39-13-14-41(57)52-44(39)60)26-38(37)48-19-9-5-3-1-2-4-6-12-42(58)54-22-17-33(18-23-54)51-40-24-31(15-20-49-40)43(59)50-27-34(56)29-53-21-16-30-10-7-8-11-32(30)28-53/h7-8,10-11,25-26,31,33-34,39-40,48-49,51,56H,1-6,9,12-24,27-29H2,(H,50,59)(H,52,57,60)/t31?,34-,39?,40?/m0/s1. The van der Waals surface area contributed by atoms with E-state index in [9.17, 15) is 38.3 Å². The maximum absolute atomic E-state index is 14.9. The van der Waals surface area contributed by atoms with Crippen molar-refractivity contribution in [1.82, 2.24) is 36.0 Å². The third kappa shape index (κ3) is 11.6. The molecule has 16 heteroatoms. The third-order valence-electron chi connectivity index (χ3n) is 13.2. The highest BCUT2D eigenvalue weighted by atomic mass is 19.1. The molecule has 3 fully saturated rings. The Labute approximate surface area is 363 Å². The number of piperidine rings is 3. The number of carbonyl (C=O) groups excluding carboxylic acids is 6. The first-order chi connectivity index (χ1) is 30.0. The fourth-order valence-electron chi connectivity index (χ4n) is 9.59. The smallest absolute Gasteiger partial charge is 0.262 e. The molecule has 62 heavy (non-hydrogen) atoms. The van der Waals surface area contributed by atoms with Gasteiger partial charge >= 0.3 is 0 Å². The minimum absolute atomic E-state index is 0.00446. The number of β-amino-alcohol motifs (C(OH)–C–C–N with tert-alkyl or cyclic N) is 1. The topological polar surface area (TPSA) is 193 Å². The summed E-state index contributed by atoms with van der Waals surface area (Å²) in [6, 6.07) is 9.99. The Kier molecular flexibility index (Phi) is 15.7. The molecule has 0 saturated carbocycles. The van der Waals surface area contributed by atoms with E-state index in [-0.39, 0.29) is 66.1 Å². The van der Waals surface area contributed by atoms with Crippen LogP contribution in [0.2, 0.25) is 0 Å². The van der Waals surface area contributed by atoms with Crippen molar-refractivity contribution < 1.29 is 38.3 Å². The number of rotatable bonds is 19. The largest absolute Gasteiger partial charge is 0.390 e. The molecule has 0 aliphatic carbocycles. The lowest BCUT2D eigenvalue weighted by Crippen LogP contribution is -2.56. The molecule has 3 saturated heterocycles. The van der Waals surface area contributed by atoms with Crippen molar-refractivity contribution in [3.8, 4) is 0 Å².